The van der Waals surface area contributed by atoms with E-state index >= 15 is 0 Å². The van der Waals surface area contributed by atoms with Crippen molar-refractivity contribution in [3.8, 4) is 5.88 Å². The number of anilines is 1. The van der Waals surface area contributed by atoms with Gasteiger partial charge in [0, 0.05) is 19.2 Å². The fourth-order valence-corrected chi connectivity index (χ4v) is 2.00. The molecule has 1 aliphatic heterocycles. The fourth-order valence-electron chi connectivity index (χ4n) is 1.81. The lowest BCUT2D eigenvalue weighted by atomic mass is 10.3. The largest absolute Gasteiger partial charge is 0.481 e. The van der Waals surface area contributed by atoms with Gasteiger partial charge in [-0.05, 0) is 6.92 Å². The lowest BCUT2D eigenvalue weighted by Crippen LogP contribution is -2.43. The van der Waals surface area contributed by atoms with Crippen molar-refractivity contribution in [1.29, 1.82) is 0 Å². The first-order valence-corrected chi connectivity index (χ1v) is 6.08. The van der Waals surface area contributed by atoms with Gasteiger partial charge in [0.1, 0.15) is 11.6 Å². The molecule has 1 saturated heterocycles. The van der Waals surface area contributed by atoms with Crippen LogP contribution in [0, 0.1) is 6.92 Å². The van der Waals surface area contributed by atoms with Gasteiger partial charge >= 0.3 is 0 Å². The highest BCUT2D eigenvalue weighted by Crippen LogP contribution is 2.20. The molecule has 0 aliphatic carbocycles. The summed E-state index contributed by atoms with van der Waals surface area (Å²) in [5, 5.41) is 0. The molecule has 0 saturated carbocycles. The summed E-state index contributed by atoms with van der Waals surface area (Å²) in [5.41, 5.74) is 0. The highest BCUT2D eigenvalue weighted by Gasteiger charge is 2.21. The number of nitrogens with zero attached hydrogens (tertiary/aromatic N) is 3. The van der Waals surface area contributed by atoms with E-state index in [1.165, 1.54) is 0 Å². The van der Waals surface area contributed by atoms with Gasteiger partial charge in [-0.1, -0.05) is 0 Å². The Kier molecular flexibility index (Phi) is 4.02. The van der Waals surface area contributed by atoms with E-state index in [4.69, 9.17) is 21.1 Å². The van der Waals surface area contributed by atoms with E-state index in [9.17, 15) is 0 Å². The summed E-state index contributed by atoms with van der Waals surface area (Å²) in [6.45, 7) is 4.09. The SMILES string of the molecule is COc1cc(N2CCOC(CCl)C2)nc(C)n1. The van der Waals surface area contributed by atoms with Crippen molar-refractivity contribution in [1.82, 2.24) is 9.97 Å². The number of aryl methyl sites for hydroxylation is 1. The first-order valence-electron chi connectivity index (χ1n) is 5.55. The van der Waals surface area contributed by atoms with Crippen molar-refractivity contribution in [2.45, 2.75) is 13.0 Å². The molecule has 2 heterocycles. The highest BCUT2D eigenvalue weighted by molar-refractivity contribution is 6.18. The average Bonchev–Trinajstić information content (AvgIpc) is 2.38. The highest BCUT2D eigenvalue weighted by atomic mass is 35.5. The molecular weight excluding hydrogens is 242 g/mol. The molecule has 0 spiro atoms. The minimum Gasteiger partial charge on any atom is -0.481 e. The Balaban J connectivity index is 2.18. The van der Waals surface area contributed by atoms with Gasteiger partial charge < -0.3 is 14.4 Å². The monoisotopic (exact) mass is 257 g/mol. The molecule has 1 aromatic heterocycles. The number of rotatable bonds is 3. The van der Waals surface area contributed by atoms with E-state index in [-0.39, 0.29) is 6.10 Å². The van der Waals surface area contributed by atoms with E-state index in [0.29, 0.717) is 24.2 Å². The van der Waals surface area contributed by atoms with Crippen LogP contribution in [-0.2, 0) is 4.74 Å². The van der Waals surface area contributed by atoms with Crippen LogP contribution in [0.3, 0.4) is 0 Å². The number of morpholine rings is 1. The number of ether oxygens (including phenoxy) is 2. The second-order valence-corrected chi connectivity index (χ2v) is 4.22. The van der Waals surface area contributed by atoms with E-state index in [1.807, 2.05) is 13.0 Å². The molecule has 1 aliphatic rings. The molecule has 0 amide bonds. The summed E-state index contributed by atoms with van der Waals surface area (Å²) in [7, 11) is 1.60. The standard InChI is InChI=1S/C11H16ClN3O2/c1-8-13-10(5-11(14-8)16-2)15-3-4-17-9(6-12)7-15/h5,9H,3-4,6-7H2,1-2H3. The Hall–Kier alpha value is -1.07. The molecule has 2 rings (SSSR count). The van der Waals surface area contributed by atoms with Gasteiger partial charge in [-0.2, -0.15) is 4.98 Å². The van der Waals surface area contributed by atoms with Crippen molar-refractivity contribution in [3.63, 3.8) is 0 Å². The molecule has 0 N–H and O–H groups in total. The number of alkyl halides is 1. The molecule has 17 heavy (non-hydrogen) atoms. The number of hydrogen-bond acceptors (Lipinski definition) is 5. The number of hydrogen-bond donors (Lipinski definition) is 0. The van der Waals surface area contributed by atoms with Crippen molar-refractivity contribution >= 4 is 17.4 Å². The normalized spacial score (nSPS) is 20.4. The molecule has 1 fully saturated rings. The van der Waals surface area contributed by atoms with Crippen molar-refractivity contribution in [2.24, 2.45) is 0 Å². The van der Waals surface area contributed by atoms with E-state index < -0.39 is 0 Å². The molecule has 0 aromatic carbocycles. The zero-order valence-corrected chi connectivity index (χ0v) is 10.8. The van der Waals surface area contributed by atoms with E-state index in [2.05, 4.69) is 14.9 Å². The topological polar surface area (TPSA) is 47.5 Å². The lowest BCUT2D eigenvalue weighted by Gasteiger charge is -2.32. The smallest absolute Gasteiger partial charge is 0.218 e. The summed E-state index contributed by atoms with van der Waals surface area (Å²) in [4.78, 5) is 10.7. The summed E-state index contributed by atoms with van der Waals surface area (Å²) in [6, 6.07) is 1.84. The Labute approximate surface area is 106 Å². The Morgan fingerprint density at radius 2 is 2.41 bits per heavy atom. The molecule has 1 atom stereocenters. The first-order chi connectivity index (χ1) is 8.22. The Morgan fingerprint density at radius 1 is 1.59 bits per heavy atom. The van der Waals surface area contributed by atoms with Crippen LogP contribution in [-0.4, -0.2) is 48.8 Å². The van der Waals surface area contributed by atoms with Crippen LogP contribution in [0.25, 0.3) is 0 Å². The average molecular weight is 258 g/mol. The number of halogens is 1. The van der Waals surface area contributed by atoms with Gasteiger partial charge in [-0.25, -0.2) is 4.98 Å². The van der Waals surface area contributed by atoms with Crippen LogP contribution in [0.1, 0.15) is 5.82 Å². The van der Waals surface area contributed by atoms with Gasteiger partial charge in [0.25, 0.3) is 0 Å². The van der Waals surface area contributed by atoms with Crippen molar-refractivity contribution < 1.29 is 9.47 Å². The van der Waals surface area contributed by atoms with Crippen LogP contribution in [0.5, 0.6) is 5.88 Å². The maximum absolute atomic E-state index is 5.81. The summed E-state index contributed by atoms with van der Waals surface area (Å²) >= 11 is 5.81. The predicted octanol–water partition coefficient (Wildman–Crippen LogP) is 1.24. The van der Waals surface area contributed by atoms with Gasteiger partial charge in [-0.15, -0.1) is 11.6 Å². The minimum absolute atomic E-state index is 0.0617. The molecule has 6 heteroatoms. The minimum atomic E-state index is 0.0617. The van der Waals surface area contributed by atoms with Crippen LogP contribution in [0.15, 0.2) is 6.07 Å². The molecule has 1 aromatic rings. The van der Waals surface area contributed by atoms with Crippen LogP contribution >= 0.6 is 11.6 Å². The summed E-state index contributed by atoms with van der Waals surface area (Å²) in [6.07, 6.45) is 0.0617. The van der Waals surface area contributed by atoms with Crippen LogP contribution < -0.4 is 9.64 Å². The third kappa shape index (κ3) is 2.98. The second kappa shape index (κ2) is 5.51. The van der Waals surface area contributed by atoms with Crippen molar-refractivity contribution in [3.05, 3.63) is 11.9 Å². The molecule has 0 radical (unpaired) electrons. The molecule has 94 valence electrons. The number of aromatic nitrogens is 2. The van der Waals surface area contributed by atoms with Gasteiger partial charge in [-0.3, -0.25) is 0 Å². The molecule has 5 nitrogen and oxygen atoms in total. The summed E-state index contributed by atoms with van der Waals surface area (Å²) in [5.74, 6) is 2.65. The Bertz CT molecular complexity index is 389. The van der Waals surface area contributed by atoms with Gasteiger partial charge in [0.15, 0.2) is 0 Å². The third-order valence-electron chi connectivity index (χ3n) is 2.64. The van der Waals surface area contributed by atoms with Crippen LogP contribution in [0.2, 0.25) is 0 Å². The second-order valence-electron chi connectivity index (χ2n) is 3.91. The third-order valence-corrected chi connectivity index (χ3v) is 2.99. The fraction of sp³-hybridized carbons (Fsp3) is 0.636. The van der Waals surface area contributed by atoms with Gasteiger partial charge in [0.2, 0.25) is 5.88 Å². The molecular formula is C11H16ClN3O2. The quantitative estimate of drug-likeness (QED) is 0.763. The lowest BCUT2D eigenvalue weighted by molar-refractivity contribution is 0.0551. The van der Waals surface area contributed by atoms with E-state index in [1.54, 1.807) is 7.11 Å². The predicted molar refractivity (Wildman–Crippen MR) is 66.0 cm³/mol. The zero-order valence-electron chi connectivity index (χ0n) is 10.0. The molecule has 0 bridgehead atoms. The van der Waals surface area contributed by atoms with Gasteiger partial charge in [0.05, 0.1) is 25.7 Å². The number of methoxy groups -OCH3 is 1. The maximum Gasteiger partial charge on any atom is 0.218 e. The zero-order chi connectivity index (χ0) is 12.3. The summed E-state index contributed by atoms with van der Waals surface area (Å²) < 4.78 is 10.7. The van der Waals surface area contributed by atoms with Crippen LogP contribution in [0.4, 0.5) is 5.82 Å². The van der Waals surface area contributed by atoms with Crippen molar-refractivity contribution in [2.75, 3.05) is 37.6 Å². The Morgan fingerprint density at radius 3 is 3.12 bits per heavy atom. The van der Waals surface area contributed by atoms with E-state index in [0.717, 1.165) is 18.9 Å². The first kappa shape index (κ1) is 12.4. The molecule has 1 unspecified atom stereocenters. The maximum atomic E-state index is 5.81.